The SMILES string of the molecule is CCCCOCCOCCNC(=NC)NCc1ccc(C(=O)NC(C)CC)cc1.I. The van der Waals surface area contributed by atoms with Crippen LogP contribution in [0, 0.1) is 0 Å². The zero-order chi connectivity index (χ0) is 21.3. The second-order valence-electron chi connectivity index (χ2n) is 6.91. The lowest BCUT2D eigenvalue weighted by Crippen LogP contribution is -2.38. The van der Waals surface area contributed by atoms with Crippen LogP contribution in [0.15, 0.2) is 29.3 Å². The molecular weight excluding hydrogens is 495 g/mol. The molecule has 0 heterocycles. The molecule has 0 radical (unpaired) electrons. The number of rotatable bonds is 14. The molecule has 0 fully saturated rings. The van der Waals surface area contributed by atoms with Crippen molar-refractivity contribution < 1.29 is 14.3 Å². The molecule has 0 spiro atoms. The molecule has 0 aliphatic rings. The Morgan fingerprint density at radius 1 is 1.03 bits per heavy atom. The summed E-state index contributed by atoms with van der Waals surface area (Å²) in [6.45, 7) is 10.1. The molecule has 30 heavy (non-hydrogen) atoms. The summed E-state index contributed by atoms with van der Waals surface area (Å²) in [5.41, 5.74) is 1.75. The minimum Gasteiger partial charge on any atom is -0.379 e. The fourth-order valence-corrected chi connectivity index (χ4v) is 2.40. The van der Waals surface area contributed by atoms with Crippen LogP contribution < -0.4 is 16.0 Å². The maximum Gasteiger partial charge on any atom is 0.251 e. The number of aliphatic imine (C=N–C) groups is 1. The van der Waals surface area contributed by atoms with Crippen molar-refractivity contribution in [2.24, 2.45) is 4.99 Å². The molecule has 0 bridgehead atoms. The van der Waals surface area contributed by atoms with Crippen LogP contribution in [0.2, 0.25) is 0 Å². The molecule has 1 amide bonds. The molecule has 0 saturated carbocycles. The van der Waals surface area contributed by atoms with Crippen LogP contribution in [0.1, 0.15) is 56.0 Å². The van der Waals surface area contributed by atoms with Crippen molar-refractivity contribution >= 4 is 35.8 Å². The first kappa shape index (κ1) is 28.6. The zero-order valence-electron chi connectivity index (χ0n) is 18.8. The van der Waals surface area contributed by atoms with E-state index >= 15 is 0 Å². The van der Waals surface area contributed by atoms with Gasteiger partial charge < -0.3 is 25.4 Å². The topological polar surface area (TPSA) is 84.0 Å². The zero-order valence-corrected chi connectivity index (χ0v) is 21.2. The maximum absolute atomic E-state index is 12.1. The van der Waals surface area contributed by atoms with Gasteiger partial charge in [0.1, 0.15) is 0 Å². The molecule has 1 unspecified atom stereocenters. The summed E-state index contributed by atoms with van der Waals surface area (Å²) in [6.07, 6.45) is 3.16. The summed E-state index contributed by atoms with van der Waals surface area (Å²) < 4.78 is 11.0. The van der Waals surface area contributed by atoms with E-state index in [0.717, 1.165) is 31.4 Å². The van der Waals surface area contributed by atoms with Crippen molar-refractivity contribution in [3.63, 3.8) is 0 Å². The van der Waals surface area contributed by atoms with E-state index in [1.54, 1.807) is 7.05 Å². The molecule has 1 aromatic carbocycles. The molecule has 7 nitrogen and oxygen atoms in total. The van der Waals surface area contributed by atoms with E-state index in [-0.39, 0.29) is 35.9 Å². The van der Waals surface area contributed by atoms with Gasteiger partial charge in [-0.2, -0.15) is 0 Å². The van der Waals surface area contributed by atoms with E-state index in [1.807, 2.05) is 31.2 Å². The van der Waals surface area contributed by atoms with E-state index in [9.17, 15) is 4.79 Å². The van der Waals surface area contributed by atoms with Crippen LogP contribution in [0.3, 0.4) is 0 Å². The molecular formula is C22H39IN4O3. The highest BCUT2D eigenvalue weighted by molar-refractivity contribution is 14.0. The number of halogens is 1. The van der Waals surface area contributed by atoms with Crippen molar-refractivity contribution in [3.05, 3.63) is 35.4 Å². The van der Waals surface area contributed by atoms with Gasteiger partial charge in [0.15, 0.2) is 5.96 Å². The lowest BCUT2D eigenvalue weighted by Gasteiger charge is -2.13. The Morgan fingerprint density at radius 3 is 2.30 bits per heavy atom. The third-order valence-corrected chi connectivity index (χ3v) is 4.44. The second kappa shape index (κ2) is 18.4. The second-order valence-corrected chi connectivity index (χ2v) is 6.91. The fraction of sp³-hybridized carbons (Fsp3) is 0.636. The molecule has 1 aromatic rings. The standard InChI is InChI=1S/C22H38N4O3.HI/c1-5-7-13-28-15-16-29-14-12-24-22(23-4)25-17-19-8-10-20(11-9-19)21(27)26-18(3)6-2;/h8-11,18H,5-7,12-17H2,1-4H3,(H,26,27)(H2,23,24,25);1H. The molecule has 0 aliphatic heterocycles. The first-order valence-electron chi connectivity index (χ1n) is 10.6. The van der Waals surface area contributed by atoms with Gasteiger partial charge in [0, 0.05) is 38.3 Å². The predicted octanol–water partition coefficient (Wildman–Crippen LogP) is 3.33. The van der Waals surface area contributed by atoms with Crippen LogP contribution >= 0.6 is 24.0 Å². The molecule has 172 valence electrons. The van der Waals surface area contributed by atoms with E-state index in [2.05, 4.69) is 34.8 Å². The van der Waals surface area contributed by atoms with Crippen molar-refractivity contribution in [1.82, 2.24) is 16.0 Å². The maximum atomic E-state index is 12.1. The Bertz CT molecular complexity index is 597. The smallest absolute Gasteiger partial charge is 0.251 e. The number of guanidine groups is 1. The lowest BCUT2D eigenvalue weighted by molar-refractivity contribution is 0.0487. The predicted molar refractivity (Wildman–Crippen MR) is 134 cm³/mol. The summed E-state index contributed by atoms with van der Waals surface area (Å²) >= 11 is 0. The molecule has 3 N–H and O–H groups in total. The molecule has 1 atom stereocenters. The number of hydrogen-bond acceptors (Lipinski definition) is 4. The number of benzene rings is 1. The number of amides is 1. The minimum absolute atomic E-state index is 0. The van der Waals surface area contributed by atoms with E-state index < -0.39 is 0 Å². The van der Waals surface area contributed by atoms with Gasteiger partial charge in [-0.3, -0.25) is 9.79 Å². The Hall–Kier alpha value is -1.39. The van der Waals surface area contributed by atoms with E-state index in [1.165, 1.54) is 0 Å². The number of nitrogens with zero attached hydrogens (tertiary/aromatic N) is 1. The molecule has 8 heteroatoms. The highest BCUT2D eigenvalue weighted by Gasteiger charge is 2.08. The molecule has 0 aliphatic carbocycles. The molecule has 0 aromatic heterocycles. The lowest BCUT2D eigenvalue weighted by atomic mass is 10.1. The van der Waals surface area contributed by atoms with Gasteiger partial charge in [-0.1, -0.05) is 32.4 Å². The Labute approximate surface area is 198 Å². The summed E-state index contributed by atoms with van der Waals surface area (Å²) in [7, 11) is 1.74. The Kier molecular flexibility index (Phi) is 17.5. The Balaban J connectivity index is 0.00000841. The molecule has 1 rings (SSSR count). The third-order valence-electron chi connectivity index (χ3n) is 4.44. The van der Waals surface area contributed by atoms with Gasteiger partial charge >= 0.3 is 0 Å². The minimum atomic E-state index is -0.0351. The third kappa shape index (κ3) is 13.0. The number of nitrogens with one attached hydrogen (secondary N) is 3. The first-order chi connectivity index (χ1) is 14.1. The average molecular weight is 534 g/mol. The van der Waals surface area contributed by atoms with Crippen LogP contribution in [0.4, 0.5) is 0 Å². The van der Waals surface area contributed by atoms with E-state index in [0.29, 0.717) is 44.4 Å². The number of carbonyl (C=O) groups excluding carboxylic acids is 1. The van der Waals surface area contributed by atoms with Crippen molar-refractivity contribution in [2.75, 3.05) is 40.0 Å². The van der Waals surface area contributed by atoms with Crippen molar-refractivity contribution in [1.29, 1.82) is 0 Å². The highest BCUT2D eigenvalue weighted by Crippen LogP contribution is 2.05. The summed E-state index contributed by atoms with van der Waals surface area (Å²) in [5.74, 6) is 0.679. The summed E-state index contributed by atoms with van der Waals surface area (Å²) in [4.78, 5) is 16.3. The van der Waals surface area contributed by atoms with Gasteiger partial charge in [-0.25, -0.2) is 0 Å². The van der Waals surface area contributed by atoms with Crippen molar-refractivity contribution in [3.8, 4) is 0 Å². The Morgan fingerprint density at radius 2 is 1.70 bits per heavy atom. The van der Waals surface area contributed by atoms with Gasteiger partial charge in [0.05, 0.1) is 19.8 Å². The summed E-state index contributed by atoms with van der Waals surface area (Å²) in [5, 5.41) is 9.45. The van der Waals surface area contributed by atoms with Gasteiger partial charge in [-0.15, -0.1) is 24.0 Å². The molecule has 0 saturated heterocycles. The van der Waals surface area contributed by atoms with Crippen LogP contribution in [0.5, 0.6) is 0 Å². The quantitative estimate of drug-likeness (QED) is 0.148. The van der Waals surface area contributed by atoms with Gasteiger partial charge in [0.25, 0.3) is 5.91 Å². The number of unbranched alkanes of at least 4 members (excludes halogenated alkanes) is 1. The van der Waals surface area contributed by atoms with Gasteiger partial charge in [-0.05, 0) is 37.5 Å². The largest absolute Gasteiger partial charge is 0.379 e. The van der Waals surface area contributed by atoms with Gasteiger partial charge in [0.2, 0.25) is 0 Å². The number of hydrogen-bond donors (Lipinski definition) is 3. The average Bonchev–Trinajstić information content (AvgIpc) is 2.74. The van der Waals surface area contributed by atoms with Crippen LogP contribution in [-0.4, -0.2) is 57.9 Å². The monoisotopic (exact) mass is 534 g/mol. The van der Waals surface area contributed by atoms with Crippen molar-refractivity contribution in [2.45, 2.75) is 52.6 Å². The van der Waals surface area contributed by atoms with Crippen LogP contribution in [0.25, 0.3) is 0 Å². The number of ether oxygens (including phenoxy) is 2. The van der Waals surface area contributed by atoms with E-state index in [4.69, 9.17) is 9.47 Å². The fourth-order valence-electron chi connectivity index (χ4n) is 2.40. The highest BCUT2D eigenvalue weighted by atomic mass is 127. The normalized spacial score (nSPS) is 12.1. The first-order valence-corrected chi connectivity index (χ1v) is 10.6. The summed E-state index contributed by atoms with van der Waals surface area (Å²) in [6, 6.07) is 7.78. The number of carbonyl (C=O) groups is 1. The van der Waals surface area contributed by atoms with Crippen LogP contribution in [-0.2, 0) is 16.0 Å².